The van der Waals surface area contributed by atoms with Crippen LogP contribution < -0.4 is 4.90 Å². The summed E-state index contributed by atoms with van der Waals surface area (Å²) in [5.74, 6) is -0.485. The van der Waals surface area contributed by atoms with Crippen LogP contribution in [0.4, 0.5) is 5.69 Å². The van der Waals surface area contributed by atoms with Crippen LogP contribution >= 0.6 is 0 Å². The molecule has 1 aromatic rings. The number of anilines is 1. The van der Waals surface area contributed by atoms with E-state index in [9.17, 15) is 4.79 Å². The van der Waals surface area contributed by atoms with Gasteiger partial charge in [0.2, 0.25) is 0 Å². The van der Waals surface area contributed by atoms with Gasteiger partial charge in [-0.25, -0.2) is 0 Å². The molecule has 24 heavy (non-hydrogen) atoms. The Morgan fingerprint density at radius 1 is 1.12 bits per heavy atom. The third kappa shape index (κ3) is 3.76. The molecular weight excluding hydrogens is 305 g/mol. The van der Waals surface area contributed by atoms with E-state index in [1.165, 1.54) is 7.11 Å². The van der Waals surface area contributed by atoms with Gasteiger partial charge in [0.25, 0.3) is 0 Å². The van der Waals surface area contributed by atoms with Gasteiger partial charge in [0, 0.05) is 25.6 Å². The number of carbonyl (C=O) groups is 1. The van der Waals surface area contributed by atoms with Crippen molar-refractivity contribution in [1.29, 1.82) is 0 Å². The number of rotatable bonds is 5. The summed E-state index contributed by atoms with van der Waals surface area (Å²) in [6.07, 6.45) is 0.217. The minimum absolute atomic E-state index is 0.213. The quantitative estimate of drug-likeness (QED) is 0.612. The summed E-state index contributed by atoms with van der Waals surface area (Å²) in [7, 11) is 4.91. The molecule has 1 aliphatic rings. The number of hydrogen-bond acceptors (Lipinski definition) is 5. The Morgan fingerprint density at radius 2 is 1.62 bits per heavy atom. The van der Waals surface area contributed by atoms with Gasteiger partial charge in [-0.2, -0.15) is 0 Å². The third-order valence-corrected chi connectivity index (χ3v) is 5.05. The van der Waals surface area contributed by atoms with Crippen LogP contribution in [0.2, 0.25) is 0 Å². The average molecular weight is 333 g/mol. The molecule has 0 spiro atoms. The third-order valence-electron chi connectivity index (χ3n) is 5.05. The lowest BCUT2D eigenvalue weighted by molar-refractivity contribution is -0.140. The van der Waals surface area contributed by atoms with Gasteiger partial charge < -0.3 is 18.9 Å². The van der Waals surface area contributed by atoms with E-state index < -0.39 is 18.3 Å². The van der Waals surface area contributed by atoms with Crippen LogP contribution in [0.5, 0.6) is 0 Å². The second-order valence-corrected chi connectivity index (χ2v) is 7.50. The van der Waals surface area contributed by atoms with Gasteiger partial charge in [0.15, 0.2) is 0 Å². The predicted molar refractivity (Wildman–Crippen MR) is 96.2 cm³/mol. The molecule has 1 aliphatic heterocycles. The van der Waals surface area contributed by atoms with E-state index in [1.54, 1.807) is 0 Å². The van der Waals surface area contributed by atoms with Crippen molar-refractivity contribution in [2.45, 2.75) is 51.1 Å². The Kier molecular flexibility index (Phi) is 5.30. The van der Waals surface area contributed by atoms with Gasteiger partial charge in [-0.1, -0.05) is 12.1 Å². The normalized spacial score (nSPS) is 19.9. The summed E-state index contributed by atoms with van der Waals surface area (Å²) in [6.45, 7) is 8.05. The molecule has 0 N–H and O–H groups in total. The van der Waals surface area contributed by atoms with Crippen LogP contribution in [-0.2, 0) is 18.8 Å². The van der Waals surface area contributed by atoms with Crippen LogP contribution in [0.3, 0.4) is 0 Å². The average Bonchev–Trinajstić information content (AvgIpc) is 2.72. The maximum Gasteiger partial charge on any atom is 0.466 e. The van der Waals surface area contributed by atoms with Crippen molar-refractivity contribution >= 4 is 18.8 Å². The van der Waals surface area contributed by atoms with Crippen LogP contribution in [0.15, 0.2) is 24.3 Å². The van der Waals surface area contributed by atoms with Gasteiger partial charge in [0.1, 0.15) is 0 Å². The molecule has 1 atom stereocenters. The number of benzene rings is 1. The smallest absolute Gasteiger partial charge is 0.466 e. The maximum absolute atomic E-state index is 11.9. The highest BCUT2D eigenvalue weighted by Gasteiger charge is 2.54. The lowest BCUT2D eigenvalue weighted by Crippen LogP contribution is -2.41. The van der Waals surface area contributed by atoms with E-state index in [0.29, 0.717) is 0 Å². The standard InChI is InChI=1S/C18H28BNO4/c1-17(2)18(3,4)24-19(23-17)15(12-16(21)22-7)13-8-10-14(11-9-13)20(5)6/h8-11,15H,12H2,1-7H3. The minimum atomic E-state index is -0.487. The van der Waals surface area contributed by atoms with Crippen LogP contribution in [0.25, 0.3) is 0 Å². The number of hydrogen-bond donors (Lipinski definition) is 0. The first-order chi connectivity index (χ1) is 11.1. The van der Waals surface area contributed by atoms with Crippen molar-refractivity contribution in [2.75, 3.05) is 26.1 Å². The van der Waals surface area contributed by atoms with Gasteiger partial charge in [0.05, 0.1) is 24.7 Å². The molecule has 0 aliphatic carbocycles. The molecule has 1 aromatic carbocycles. The summed E-state index contributed by atoms with van der Waals surface area (Å²) >= 11 is 0. The first kappa shape index (κ1) is 18.8. The Bertz CT molecular complexity index is 567. The van der Waals surface area contributed by atoms with Crippen molar-refractivity contribution in [3.8, 4) is 0 Å². The molecule has 1 saturated heterocycles. The molecule has 0 aromatic heterocycles. The molecule has 0 amide bonds. The highest BCUT2D eigenvalue weighted by molar-refractivity contribution is 6.48. The summed E-state index contributed by atoms with van der Waals surface area (Å²) in [4.78, 5) is 13.9. The van der Waals surface area contributed by atoms with E-state index in [0.717, 1.165) is 11.3 Å². The van der Waals surface area contributed by atoms with Gasteiger partial charge in [-0.05, 0) is 45.4 Å². The van der Waals surface area contributed by atoms with Crippen LogP contribution in [0, 0.1) is 0 Å². The SMILES string of the molecule is COC(=O)CC(B1OC(C)(C)C(C)(C)O1)c1ccc(N(C)C)cc1. The lowest BCUT2D eigenvalue weighted by atomic mass is 9.66. The second kappa shape index (κ2) is 6.77. The van der Waals surface area contributed by atoms with Crippen molar-refractivity contribution in [2.24, 2.45) is 0 Å². The zero-order valence-corrected chi connectivity index (χ0v) is 15.8. The number of esters is 1. The second-order valence-electron chi connectivity index (χ2n) is 7.50. The molecule has 5 nitrogen and oxygen atoms in total. The monoisotopic (exact) mass is 333 g/mol. The van der Waals surface area contributed by atoms with E-state index in [1.807, 2.05) is 71.0 Å². The molecule has 0 bridgehead atoms. The van der Waals surface area contributed by atoms with E-state index in [-0.39, 0.29) is 18.2 Å². The molecule has 6 heteroatoms. The summed E-state index contributed by atoms with van der Waals surface area (Å²) in [6, 6.07) is 8.11. The van der Waals surface area contributed by atoms with Crippen molar-refractivity contribution in [3.05, 3.63) is 29.8 Å². The topological polar surface area (TPSA) is 48.0 Å². The minimum Gasteiger partial charge on any atom is -0.469 e. The molecule has 132 valence electrons. The summed E-state index contributed by atoms with van der Waals surface area (Å²) in [5.41, 5.74) is 1.24. The Balaban J connectivity index is 2.30. The van der Waals surface area contributed by atoms with E-state index in [4.69, 9.17) is 14.0 Å². The van der Waals surface area contributed by atoms with Gasteiger partial charge in [-0.15, -0.1) is 0 Å². The van der Waals surface area contributed by atoms with Crippen molar-refractivity contribution in [3.63, 3.8) is 0 Å². The first-order valence-electron chi connectivity index (χ1n) is 8.27. The van der Waals surface area contributed by atoms with E-state index >= 15 is 0 Å². The Morgan fingerprint density at radius 3 is 2.04 bits per heavy atom. The van der Waals surface area contributed by atoms with Gasteiger partial charge in [-0.3, -0.25) is 4.79 Å². The molecule has 2 rings (SSSR count). The highest BCUT2D eigenvalue weighted by Crippen LogP contribution is 2.42. The van der Waals surface area contributed by atoms with E-state index in [2.05, 4.69) is 0 Å². The fourth-order valence-corrected chi connectivity index (χ4v) is 2.71. The molecule has 0 saturated carbocycles. The zero-order chi connectivity index (χ0) is 18.1. The fourth-order valence-electron chi connectivity index (χ4n) is 2.71. The number of nitrogens with zero attached hydrogens (tertiary/aromatic N) is 1. The fraction of sp³-hybridized carbons (Fsp3) is 0.611. The Hall–Kier alpha value is -1.53. The molecule has 1 unspecified atom stereocenters. The first-order valence-corrected chi connectivity index (χ1v) is 8.27. The number of ether oxygens (including phenoxy) is 1. The summed E-state index contributed by atoms with van der Waals surface area (Å²) < 4.78 is 17.2. The number of methoxy groups -OCH3 is 1. The summed E-state index contributed by atoms with van der Waals surface area (Å²) in [5, 5.41) is 0. The highest BCUT2D eigenvalue weighted by atomic mass is 16.7. The number of carbonyl (C=O) groups excluding carboxylic acids is 1. The van der Waals surface area contributed by atoms with Crippen molar-refractivity contribution in [1.82, 2.24) is 0 Å². The van der Waals surface area contributed by atoms with Crippen molar-refractivity contribution < 1.29 is 18.8 Å². The zero-order valence-electron chi connectivity index (χ0n) is 15.8. The molecular formula is C18H28BNO4. The van der Waals surface area contributed by atoms with Gasteiger partial charge >= 0.3 is 13.1 Å². The van der Waals surface area contributed by atoms with Crippen LogP contribution in [0.1, 0.15) is 45.5 Å². The predicted octanol–water partition coefficient (Wildman–Crippen LogP) is 3.03. The lowest BCUT2D eigenvalue weighted by Gasteiger charge is -2.32. The molecule has 0 radical (unpaired) electrons. The molecule has 1 heterocycles. The largest absolute Gasteiger partial charge is 0.469 e. The Labute approximate surface area is 145 Å². The van der Waals surface area contributed by atoms with Crippen LogP contribution in [-0.4, -0.2) is 45.5 Å². The molecule has 1 fully saturated rings. The maximum atomic E-state index is 11.9.